The molecule has 4 N–H and O–H groups in total. The van der Waals surface area contributed by atoms with Gasteiger partial charge in [0.1, 0.15) is 0 Å². The van der Waals surface area contributed by atoms with Gasteiger partial charge in [-0.05, 0) is 36.4 Å². The van der Waals surface area contributed by atoms with Gasteiger partial charge < -0.3 is 11.5 Å². The molecule has 0 aliphatic heterocycles. The zero-order valence-electron chi connectivity index (χ0n) is 8.94. The molecule has 0 fully saturated rings. The van der Waals surface area contributed by atoms with Gasteiger partial charge in [0.15, 0.2) is 5.17 Å². The van der Waals surface area contributed by atoms with Crippen molar-refractivity contribution in [2.45, 2.75) is 13.3 Å². The Bertz CT molecular complexity index is 319. The maximum absolute atomic E-state index is 5.71. The van der Waals surface area contributed by atoms with Crippen LogP contribution in [0.4, 0.5) is 5.69 Å². The number of amidine groups is 1. The fourth-order valence-corrected chi connectivity index (χ4v) is 1.68. The molecule has 0 heterocycles. The summed E-state index contributed by atoms with van der Waals surface area (Å²) in [5, 5.41) is 0.615. The smallest absolute Gasteiger partial charge is 0.159 e. The number of hydrogen-bond acceptors (Lipinski definition) is 3. The first-order valence-electron chi connectivity index (χ1n) is 5.02. The quantitative estimate of drug-likeness (QED) is 0.605. The summed E-state index contributed by atoms with van der Waals surface area (Å²) in [7, 11) is 0. The first-order chi connectivity index (χ1) is 7.26. The van der Waals surface area contributed by atoms with Gasteiger partial charge in [-0.3, -0.25) is 0 Å². The zero-order valence-corrected chi connectivity index (χ0v) is 9.76. The summed E-state index contributed by atoms with van der Waals surface area (Å²) < 4.78 is 0. The minimum Gasteiger partial charge on any atom is -0.378 e. The van der Waals surface area contributed by atoms with E-state index in [0.717, 1.165) is 17.9 Å². The van der Waals surface area contributed by atoms with Gasteiger partial charge in [0, 0.05) is 0 Å². The second-order valence-electron chi connectivity index (χ2n) is 3.09. The average Bonchev–Trinajstić information content (AvgIpc) is 2.22. The van der Waals surface area contributed by atoms with Gasteiger partial charge in [0.25, 0.3) is 0 Å². The number of thioether (sulfide) groups is 1. The molecule has 15 heavy (non-hydrogen) atoms. The van der Waals surface area contributed by atoms with E-state index in [0.29, 0.717) is 11.7 Å². The highest BCUT2D eigenvalue weighted by atomic mass is 32.2. The SMILES string of the molecule is CCSC(N)=Nc1ccc(CCN)cc1. The first-order valence-corrected chi connectivity index (χ1v) is 6.00. The van der Waals surface area contributed by atoms with Crippen molar-refractivity contribution >= 4 is 22.6 Å². The highest BCUT2D eigenvalue weighted by Crippen LogP contribution is 2.15. The maximum atomic E-state index is 5.71. The molecule has 0 atom stereocenters. The van der Waals surface area contributed by atoms with E-state index in [1.165, 1.54) is 5.56 Å². The van der Waals surface area contributed by atoms with Crippen molar-refractivity contribution in [1.29, 1.82) is 0 Å². The van der Waals surface area contributed by atoms with Crippen LogP contribution in [0, 0.1) is 0 Å². The zero-order chi connectivity index (χ0) is 11.1. The lowest BCUT2D eigenvalue weighted by Gasteiger charge is -2.00. The predicted molar refractivity (Wildman–Crippen MR) is 68.6 cm³/mol. The second-order valence-corrected chi connectivity index (χ2v) is 4.37. The van der Waals surface area contributed by atoms with Crippen LogP contribution >= 0.6 is 11.8 Å². The van der Waals surface area contributed by atoms with Crippen molar-refractivity contribution in [3.63, 3.8) is 0 Å². The van der Waals surface area contributed by atoms with Gasteiger partial charge in [-0.2, -0.15) is 0 Å². The van der Waals surface area contributed by atoms with Crippen molar-refractivity contribution in [2.75, 3.05) is 12.3 Å². The van der Waals surface area contributed by atoms with Crippen LogP contribution < -0.4 is 11.5 Å². The monoisotopic (exact) mass is 223 g/mol. The van der Waals surface area contributed by atoms with Crippen LogP contribution in [0.15, 0.2) is 29.3 Å². The average molecular weight is 223 g/mol. The van der Waals surface area contributed by atoms with E-state index in [-0.39, 0.29) is 0 Å². The minimum atomic E-state index is 0.615. The second kappa shape index (κ2) is 6.48. The van der Waals surface area contributed by atoms with Crippen LogP contribution in [0.5, 0.6) is 0 Å². The normalized spacial score (nSPS) is 11.7. The Labute approximate surface area is 95.0 Å². The Morgan fingerprint density at radius 3 is 2.53 bits per heavy atom. The fraction of sp³-hybridized carbons (Fsp3) is 0.364. The Balaban J connectivity index is 2.67. The fourth-order valence-electron chi connectivity index (χ4n) is 1.21. The third-order valence-corrected chi connectivity index (χ3v) is 2.58. The van der Waals surface area contributed by atoms with E-state index in [1.807, 2.05) is 24.3 Å². The molecule has 82 valence electrons. The Kier molecular flexibility index (Phi) is 5.21. The number of nitrogens with zero attached hydrogens (tertiary/aromatic N) is 1. The number of rotatable bonds is 4. The van der Waals surface area contributed by atoms with Crippen molar-refractivity contribution in [1.82, 2.24) is 0 Å². The van der Waals surface area contributed by atoms with Gasteiger partial charge >= 0.3 is 0 Å². The van der Waals surface area contributed by atoms with Gasteiger partial charge in [-0.15, -0.1) is 0 Å². The van der Waals surface area contributed by atoms with Crippen LogP contribution in [0.2, 0.25) is 0 Å². The summed E-state index contributed by atoms with van der Waals surface area (Å²) in [6.07, 6.45) is 0.906. The minimum absolute atomic E-state index is 0.615. The topological polar surface area (TPSA) is 64.4 Å². The van der Waals surface area contributed by atoms with E-state index < -0.39 is 0 Å². The molecule has 1 aromatic rings. The third kappa shape index (κ3) is 4.36. The van der Waals surface area contributed by atoms with Crippen molar-refractivity contribution in [3.05, 3.63) is 29.8 Å². The molecule has 0 spiro atoms. The van der Waals surface area contributed by atoms with Crippen LogP contribution in [0.3, 0.4) is 0 Å². The maximum Gasteiger partial charge on any atom is 0.159 e. The molecule has 3 nitrogen and oxygen atoms in total. The molecule has 0 bridgehead atoms. The van der Waals surface area contributed by atoms with Gasteiger partial charge in [0.2, 0.25) is 0 Å². The molecule has 0 aliphatic rings. The van der Waals surface area contributed by atoms with E-state index >= 15 is 0 Å². The predicted octanol–water partition coefficient (Wildman–Crippen LogP) is 1.89. The molecule has 4 heteroatoms. The number of hydrogen-bond donors (Lipinski definition) is 2. The highest BCUT2D eigenvalue weighted by molar-refractivity contribution is 8.13. The molecule has 0 aliphatic carbocycles. The van der Waals surface area contributed by atoms with Gasteiger partial charge in [-0.25, -0.2) is 4.99 Å². The van der Waals surface area contributed by atoms with E-state index in [1.54, 1.807) is 11.8 Å². The van der Waals surface area contributed by atoms with E-state index in [2.05, 4.69) is 11.9 Å². The van der Waals surface area contributed by atoms with Crippen LogP contribution in [-0.4, -0.2) is 17.5 Å². The number of benzene rings is 1. The van der Waals surface area contributed by atoms with E-state index in [4.69, 9.17) is 11.5 Å². The summed E-state index contributed by atoms with van der Waals surface area (Å²) >= 11 is 1.55. The van der Waals surface area contributed by atoms with Crippen LogP contribution in [0.25, 0.3) is 0 Å². The van der Waals surface area contributed by atoms with Crippen molar-refractivity contribution in [2.24, 2.45) is 16.5 Å². The van der Waals surface area contributed by atoms with Crippen LogP contribution in [0.1, 0.15) is 12.5 Å². The lowest BCUT2D eigenvalue weighted by Crippen LogP contribution is -2.05. The van der Waals surface area contributed by atoms with Crippen molar-refractivity contribution in [3.8, 4) is 0 Å². The van der Waals surface area contributed by atoms with Gasteiger partial charge in [-0.1, -0.05) is 30.8 Å². The molecule has 0 aromatic heterocycles. The molecule has 0 saturated carbocycles. The molecular formula is C11H17N3S. The lowest BCUT2D eigenvalue weighted by atomic mass is 10.1. The summed E-state index contributed by atoms with van der Waals surface area (Å²) in [6, 6.07) is 8.01. The number of aliphatic imine (C=N–C) groups is 1. The Morgan fingerprint density at radius 2 is 2.00 bits per heavy atom. The standard InChI is InChI=1S/C11H17N3S/c1-2-15-11(13)14-10-5-3-9(4-6-10)7-8-12/h3-6H,2,7-8,12H2,1H3,(H2,13,14). The highest BCUT2D eigenvalue weighted by Gasteiger charge is 1.94. The molecule has 1 rings (SSSR count). The molecular weight excluding hydrogens is 206 g/mol. The number of nitrogens with two attached hydrogens (primary N) is 2. The summed E-state index contributed by atoms with van der Waals surface area (Å²) in [5.41, 5.74) is 13.3. The summed E-state index contributed by atoms with van der Waals surface area (Å²) in [5.74, 6) is 0.945. The summed E-state index contributed by atoms with van der Waals surface area (Å²) in [6.45, 7) is 2.73. The lowest BCUT2D eigenvalue weighted by molar-refractivity contribution is 0.969. The molecule has 1 aromatic carbocycles. The Hall–Kier alpha value is -1.00. The Morgan fingerprint density at radius 1 is 1.33 bits per heavy atom. The van der Waals surface area contributed by atoms with Crippen LogP contribution in [-0.2, 0) is 6.42 Å². The molecule has 0 radical (unpaired) electrons. The largest absolute Gasteiger partial charge is 0.378 e. The van der Waals surface area contributed by atoms with Gasteiger partial charge in [0.05, 0.1) is 5.69 Å². The third-order valence-electron chi connectivity index (χ3n) is 1.90. The molecule has 0 amide bonds. The molecule has 0 saturated heterocycles. The van der Waals surface area contributed by atoms with Crippen molar-refractivity contribution < 1.29 is 0 Å². The molecule has 0 unspecified atom stereocenters. The van der Waals surface area contributed by atoms with E-state index in [9.17, 15) is 0 Å². The first kappa shape index (κ1) is 12.1. The summed E-state index contributed by atoms with van der Waals surface area (Å²) in [4.78, 5) is 4.28.